The minimum Gasteiger partial charge on any atom is -0.396 e. The summed E-state index contributed by atoms with van der Waals surface area (Å²) < 4.78 is 0. The first-order valence-electron chi connectivity index (χ1n) is 6.82. The summed E-state index contributed by atoms with van der Waals surface area (Å²) in [4.78, 5) is 0. The van der Waals surface area contributed by atoms with Gasteiger partial charge < -0.3 is 15.3 Å². The predicted molar refractivity (Wildman–Crippen MR) is 73.1 cm³/mol. The van der Waals surface area contributed by atoms with Crippen molar-refractivity contribution in [2.24, 2.45) is 0 Å². The van der Waals surface area contributed by atoms with Crippen LogP contribution in [-0.4, -0.2) is 33.6 Å². The van der Waals surface area contributed by atoms with Gasteiger partial charge >= 0.3 is 0 Å². The Bertz CT molecular complexity index is 125. The lowest BCUT2D eigenvalue weighted by molar-refractivity contribution is 0.102. The second kappa shape index (κ2) is 12.3. The van der Waals surface area contributed by atoms with Gasteiger partial charge in [-0.2, -0.15) is 0 Å². The van der Waals surface area contributed by atoms with Gasteiger partial charge in [0.05, 0.1) is 11.7 Å². The molecule has 3 nitrogen and oxygen atoms in total. The molecule has 0 radical (unpaired) electrons. The zero-order valence-electron chi connectivity index (χ0n) is 12.1. The topological polar surface area (TPSA) is 60.7 Å². The Hall–Kier alpha value is -0.120. The monoisotopic (exact) mass is 248 g/mol. The highest BCUT2D eigenvalue weighted by atomic mass is 16.3. The highest BCUT2D eigenvalue weighted by molar-refractivity contribution is 4.63. The Balaban J connectivity index is 0. The first kappa shape index (κ1) is 19.2. The van der Waals surface area contributed by atoms with E-state index in [1.807, 2.05) is 0 Å². The molecule has 1 aliphatic carbocycles. The van der Waals surface area contributed by atoms with Gasteiger partial charge in [0.1, 0.15) is 0 Å². The van der Waals surface area contributed by atoms with Crippen LogP contribution in [-0.2, 0) is 0 Å². The lowest BCUT2D eigenvalue weighted by atomic mass is 10.2. The third-order valence-corrected chi connectivity index (χ3v) is 2.09. The van der Waals surface area contributed by atoms with E-state index in [9.17, 15) is 0 Å². The largest absolute Gasteiger partial charge is 0.396 e. The summed E-state index contributed by atoms with van der Waals surface area (Å²) in [6, 6.07) is 0. The van der Waals surface area contributed by atoms with Gasteiger partial charge in [-0.1, -0.05) is 32.6 Å². The summed E-state index contributed by atoms with van der Waals surface area (Å²) in [5.41, 5.74) is -0.500. The highest BCUT2D eigenvalue weighted by Crippen LogP contribution is 2.16. The molecular weight excluding hydrogens is 216 g/mol. The first-order chi connectivity index (χ1) is 7.81. The molecule has 0 atom stereocenters. The van der Waals surface area contributed by atoms with E-state index in [-0.39, 0.29) is 6.10 Å². The summed E-state index contributed by atoms with van der Waals surface area (Å²) in [6.07, 6.45) is 7.93. The third-order valence-electron chi connectivity index (χ3n) is 2.09. The third kappa shape index (κ3) is 31.3. The Morgan fingerprint density at radius 1 is 1.06 bits per heavy atom. The molecule has 1 aliphatic rings. The number of unbranched alkanes of at least 4 members (excludes halogenated alkanes) is 2. The maximum Gasteiger partial charge on any atom is 0.0563 e. The molecule has 0 amide bonds. The summed E-state index contributed by atoms with van der Waals surface area (Å²) >= 11 is 0. The van der Waals surface area contributed by atoms with Crippen molar-refractivity contribution in [3.8, 4) is 0 Å². The van der Waals surface area contributed by atoms with E-state index in [0.29, 0.717) is 6.61 Å². The molecule has 0 unspecified atom stereocenters. The van der Waals surface area contributed by atoms with Gasteiger partial charge in [-0.3, -0.25) is 0 Å². The van der Waals surface area contributed by atoms with Gasteiger partial charge in [-0.15, -0.1) is 0 Å². The van der Waals surface area contributed by atoms with Crippen LogP contribution in [0.5, 0.6) is 0 Å². The van der Waals surface area contributed by atoms with Crippen molar-refractivity contribution in [1.29, 1.82) is 0 Å². The van der Waals surface area contributed by atoms with Crippen LogP contribution in [0.15, 0.2) is 0 Å². The van der Waals surface area contributed by atoms with Gasteiger partial charge in [0.15, 0.2) is 0 Å². The van der Waals surface area contributed by atoms with Crippen molar-refractivity contribution in [2.75, 3.05) is 6.61 Å². The maximum atomic E-state index is 8.73. The van der Waals surface area contributed by atoms with Crippen LogP contribution in [0.3, 0.4) is 0 Å². The smallest absolute Gasteiger partial charge is 0.0563 e. The maximum absolute atomic E-state index is 8.73. The molecule has 1 fully saturated rings. The highest BCUT2D eigenvalue weighted by Gasteiger charge is 2.09. The van der Waals surface area contributed by atoms with Crippen molar-refractivity contribution in [3.63, 3.8) is 0 Å². The zero-order valence-corrected chi connectivity index (χ0v) is 12.1. The van der Waals surface area contributed by atoms with Crippen molar-refractivity contribution in [2.45, 2.75) is 84.3 Å². The SMILES string of the molecule is CC(C)(C)O.CCCCCO.OC1CCCC1. The van der Waals surface area contributed by atoms with Gasteiger partial charge in [0, 0.05) is 6.61 Å². The van der Waals surface area contributed by atoms with Crippen LogP contribution < -0.4 is 0 Å². The molecular formula is C14H32O3. The van der Waals surface area contributed by atoms with Crippen LogP contribution in [0, 0.1) is 0 Å². The lowest BCUT2D eigenvalue weighted by Gasteiger charge is -2.04. The second-order valence-corrected chi connectivity index (χ2v) is 5.54. The second-order valence-electron chi connectivity index (χ2n) is 5.54. The van der Waals surface area contributed by atoms with Crippen molar-refractivity contribution in [1.82, 2.24) is 0 Å². The summed E-state index contributed by atoms with van der Waals surface area (Å²) in [5, 5.41) is 25.4. The molecule has 3 heteroatoms. The molecule has 0 saturated heterocycles. The van der Waals surface area contributed by atoms with Gasteiger partial charge in [0.2, 0.25) is 0 Å². The average Bonchev–Trinajstić information content (AvgIpc) is 2.64. The Kier molecular flexibility index (Phi) is 14.0. The van der Waals surface area contributed by atoms with E-state index in [1.165, 1.54) is 19.3 Å². The first-order valence-corrected chi connectivity index (χ1v) is 6.82. The van der Waals surface area contributed by atoms with E-state index in [2.05, 4.69) is 6.92 Å². The van der Waals surface area contributed by atoms with Gasteiger partial charge in [-0.05, 0) is 40.0 Å². The normalized spacial score (nSPS) is 15.7. The average molecular weight is 248 g/mol. The molecule has 17 heavy (non-hydrogen) atoms. The fourth-order valence-corrected chi connectivity index (χ4v) is 1.27. The standard InChI is InChI=1S/C5H10O.C5H12O.C4H10O/c6-5-3-1-2-4-5;1-2-3-4-5-6;1-4(2,3)5/h5-6H,1-4H2;6H,2-5H2,1H3;5H,1-3H3. The fraction of sp³-hybridized carbons (Fsp3) is 1.00. The van der Waals surface area contributed by atoms with E-state index in [4.69, 9.17) is 15.3 Å². The summed E-state index contributed by atoms with van der Waals surface area (Å²) in [7, 11) is 0. The van der Waals surface area contributed by atoms with Crippen LogP contribution in [0.1, 0.15) is 72.6 Å². The van der Waals surface area contributed by atoms with Gasteiger partial charge in [0.25, 0.3) is 0 Å². The van der Waals surface area contributed by atoms with E-state index < -0.39 is 5.60 Å². The molecule has 0 aromatic carbocycles. The summed E-state index contributed by atoms with van der Waals surface area (Å²) in [5.74, 6) is 0. The predicted octanol–water partition coefficient (Wildman–Crippen LogP) is 2.87. The van der Waals surface area contributed by atoms with Crippen LogP contribution in [0.4, 0.5) is 0 Å². The molecule has 0 bridgehead atoms. The number of rotatable bonds is 3. The van der Waals surface area contributed by atoms with E-state index in [0.717, 1.165) is 25.7 Å². The van der Waals surface area contributed by atoms with Gasteiger partial charge in [-0.25, -0.2) is 0 Å². The van der Waals surface area contributed by atoms with Crippen molar-refractivity contribution >= 4 is 0 Å². The molecule has 0 heterocycles. The summed E-state index contributed by atoms with van der Waals surface area (Å²) in [6.45, 7) is 7.70. The Morgan fingerprint density at radius 3 is 1.59 bits per heavy atom. The Morgan fingerprint density at radius 2 is 1.47 bits per heavy atom. The molecule has 0 aliphatic heterocycles. The number of hydrogen-bond donors (Lipinski definition) is 3. The molecule has 3 N–H and O–H groups in total. The number of hydrogen-bond acceptors (Lipinski definition) is 3. The number of aliphatic hydroxyl groups excluding tert-OH is 2. The molecule has 1 rings (SSSR count). The van der Waals surface area contributed by atoms with Crippen LogP contribution >= 0.6 is 0 Å². The minimum atomic E-state index is -0.500. The Labute approximate surface area is 107 Å². The fourth-order valence-electron chi connectivity index (χ4n) is 1.27. The molecule has 1 saturated carbocycles. The molecule has 0 aromatic rings. The zero-order chi connectivity index (χ0) is 13.7. The van der Waals surface area contributed by atoms with Crippen LogP contribution in [0.2, 0.25) is 0 Å². The van der Waals surface area contributed by atoms with E-state index >= 15 is 0 Å². The van der Waals surface area contributed by atoms with Crippen molar-refractivity contribution < 1.29 is 15.3 Å². The van der Waals surface area contributed by atoms with Crippen molar-refractivity contribution in [3.05, 3.63) is 0 Å². The molecule has 0 spiro atoms. The quantitative estimate of drug-likeness (QED) is 0.673. The molecule has 106 valence electrons. The number of aliphatic hydroxyl groups is 3. The van der Waals surface area contributed by atoms with E-state index in [1.54, 1.807) is 20.8 Å². The molecule has 0 aromatic heterocycles. The lowest BCUT2D eigenvalue weighted by Crippen LogP contribution is -2.10. The van der Waals surface area contributed by atoms with Crippen LogP contribution in [0.25, 0.3) is 0 Å². The minimum absolute atomic E-state index is 0.0463.